The van der Waals surface area contributed by atoms with Gasteiger partial charge in [-0.2, -0.15) is 24.4 Å². The number of thioether (sulfide) groups is 1. The molecule has 0 heterocycles. The maximum absolute atomic E-state index is 5.36. The van der Waals surface area contributed by atoms with Crippen molar-refractivity contribution in [2.45, 2.75) is 23.3 Å². The van der Waals surface area contributed by atoms with Gasteiger partial charge in [0.2, 0.25) is 0 Å². The molecule has 0 aromatic rings. The van der Waals surface area contributed by atoms with Crippen molar-refractivity contribution in [3.63, 3.8) is 0 Å². The molecule has 1 aliphatic carbocycles. The predicted octanol–water partition coefficient (Wildman–Crippen LogP) is 1.14. The monoisotopic (exact) mass is 163 g/mol. The SMILES string of the molecule is NCCSC1CCC1S. The lowest BCUT2D eigenvalue weighted by atomic mass is 9.99. The molecule has 1 aliphatic rings. The molecule has 1 saturated carbocycles. The van der Waals surface area contributed by atoms with E-state index >= 15 is 0 Å². The van der Waals surface area contributed by atoms with Gasteiger partial charge >= 0.3 is 0 Å². The maximum Gasteiger partial charge on any atom is 0.0164 e. The Hall–Kier alpha value is 0.660. The maximum atomic E-state index is 5.36. The molecule has 0 aromatic heterocycles. The molecule has 0 amide bonds. The van der Waals surface area contributed by atoms with Crippen molar-refractivity contribution in [1.29, 1.82) is 0 Å². The van der Waals surface area contributed by atoms with Crippen LogP contribution in [0, 0.1) is 0 Å². The van der Waals surface area contributed by atoms with Gasteiger partial charge in [-0.3, -0.25) is 0 Å². The van der Waals surface area contributed by atoms with E-state index in [0.717, 1.165) is 17.5 Å². The summed E-state index contributed by atoms with van der Waals surface area (Å²) in [5.74, 6) is 1.10. The second-order valence-corrected chi connectivity index (χ2v) is 4.35. The predicted molar refractivity (Wildman–Crippen MR) is 47.3 cm³/mol. The van der Waals surface area contributed by atoms with Crippen LogP contribution in [-0.4, -0.2) is 22.8 Å². The number of nitrogens with two attached hydrogens (primary N) is 1. The number of hydrogen-bond acceptors (Lipinski definition) is 3. The van der Waals surface area contributed by atoms with E-state index in [-0.39, 0.29) is 0 Å². The van der Waals surface area contributed by atoms with Gasteiger partial charge in [-0.15, -0.1) is 0 Å². The summed E-state index contributed by atoms with van der Waals surface area (Å²) >= 11 is 6.36. The Balaban J connectivity index is 1.99. The quantitative estimate of drug-likeness (QED) is 0.610. The molecule has 0 aromatic carbocycles. The van der Waals surface area contributed by atoms with E-state index in [4.69, 9.17) is 5.73 Å². The van der Waals surface area contributed by atoms with Crippen LogP contribution in [0.15, 0.2) is 0 Å². The zero-order valence-electron chi connectivity index (χ0n) is 5.42. The van der Waals surface area contributed by atoms with Crippen LogP contribution in [-0.2, 0) is 0 Å². The third kappa shape index (κ3) is 2.06. The summed E-state index contributed by atoms with van der Waals surface area (Å²) in [5, 5.41) is 1.46. The molecular weight excluding hydrogens is 150 g/mol. The third-order valence-electron chi connectivity index (χ3n) is 1.63. The molecule has 2 atom stereocenters. The van der Waals surface area contributed by atoms with Gasteiger partial charge in [0.1, 0.15) is 0 Å². The Labute approximate surface area is 66.2 Å². The van der Waals surface area contributed by atoms with Crippen LogP contribution >= 0.6 is 24.4 Å². The minimum absolute atomic E-state index is 0.654. The van der Waals surface area contributed by atoms with E-state index < -0.39 is 0 Å². The summed E-state index contributed by atoms with van der Waals surface area (Å²) < 4.78 is 0. The molecule has 1 rings (SSSR count). The highest BCUT2D eigenvalue weighted by molar-refractivity contribution is 8.00. The van der Waals surface area contributed by atoms with Gasteiger partial charge < -0.3 is 5.73 Å². The first-order valence-electron chi connectivity index (χ1n) is 3.34. The molecule has 0 saturated heterocycles. The Morgan fingerprint density at radius 1 is 1.56 bits per heavy atom. The molecule has 2 N–H and O–H groups in total. The zero-order valence-corrected chi connectivity index (χ0v) is 7.13. The van der Waals surface area contributed by atoms with E-state index in [1.807, 2.05) is 11.8 Å². The topological polar surface area (TPSA) is 26.0 Å². The van der Waals surface area contributed by atoms with E-state index in [1.165, 1.54) is 12.8 Å². The van der Waals surface area contributed by atoms with Crippen LogP contribution in [0.2, 0.25) is 0 Å². The highest BCUT2D eigenvalue weighted by atomic mass is 32.2. The van der Waals surface area contributed by atoms with Crippen molar-refractivity contribution in [2.24, 2.45) is 5.73 Å². The molecule has 0 bridgehead atoms. The van der Waals surface area contributed by atoms with Gasteiger partial charge in [-0.1, -0.05) is 0 Å². The smallest absolute Gasteiger partial charge is 0.0164 e. The van der Waals surface area contributed by atoms with Crippen molar-refractivity contribution in [2.75, 3.05) is 12.3 Å². The summed E-state index contributed by atoms with van der Waals surface area (Å²) in [7, 11) is 0. The lowest BCUT2D eigenvalue weighted by molar-refractivity contribution is 0.543. The molecule has 1 fully saturated rings. The van der Waals surface area contributed by atoms with Crippen molar-refractivity contribution in [3.05, 3.63) is 0 Å². The molecule has 3 heteroatoms. The third-order valence-corrected chi connectivity index (χ3v) is 3.91. The highest BCUT2D eigenvalue weighted by Crippen LogP contribution is 2.35. The second kappa shape index (κ2) is 3.74. The first kappa shape index (κ1) is 7.76. The van der Waals surface area contributed by atoms with Crippen LogP contribution < -0.4 is 5.73 Å². The van der Waals surface area contributed by atoms with Crippen LogP contribution in [0.5, 0.6) is 0 Å². The molecule has 0 radical (unpaired) electrons. The average Bonchev–Trinajstić information content (AvgIpc) is 1.86. The molecule has 0 aliphatic heterocycles. The van der Waals surface area contributed by atoms with Crippen LogP contribution in [0.25, 0.3) is 0 Å². The van der Waals surface area contributed by atoms with E-state index in [1.54, 1.807) is 0 Å². The summed E-state index contributed by atoms with van der Waals surface area (Å²) in [6.45, 7) is 0.807. The Morgan fingerprint density at radius 2 is 2.33 bits per heavy atom. The minimum atomic E-state index is 0.654. The summed E-state index contributed by atoms with van der Waals surface area (Å²) in [5.41, 5.74) is 5.36. The Bertz CT molecular complexity index is 87.1. The summed E-state index contributed by atoms with van der Waals surface area (Å²) in [6.07, 6.45) is 2.64. The minimum Gasteiger partial charge on any atom is -0.330 e. The first-order valence-corrected chi connectivity index (χ1v) is 4.91. The fourth-order valence-corrected chi connectivity index (χ4v) is 2.52. The molecular formula is C6H13NS2. The number of thiol groups is 1. The van der Waals surface area contributed by atoms with Gasteiger partial charge in [0.15, 0.2) is 0 Å². The van der Waals surface area contributed by atoms with Gasteiger partial charge in [0.05, 0.1) is 0 Å². The van der Waals surface area contributed by atoms with Crippen LogP contribution in [0.4, 0.5) is 0 Å². The van der Waals surface area contributed by atoms with Crippen molar-refractivity contribution < 1.29 is 0 Å². The molecule has 9 heavy (non-hydrogen) atoms. The largest absolute Gasteiger partial charge is 0.330 e. The molecule has 54 valence electrons. The molecule has 2 unspecified atom stereocenters. The first-order chi connectivity index (χ1) is 4.34. The Morgan fingerprint density at radius 3 is 2.67 bits per heavy atom. The van der Waals surface area contributed by atoms with Gasteiger partial charge in [0.25, 0.3) is 0 Å². The van der Waals surface area contributed by atoms with Gasteiger partial charge in [-0.25, -0.2) is 0 Å². The van der Waals surface area contributed by atoms with Crippen molar-refractivity contribution in [1.82, 2.24) is 0 Å². The van der Waals surface area contributed by atoms with E-state index in [2.05, 4.69) is 12.6 Å². The second-order valence-electron chi connectivity index (χ2n) is 2.34. The van der Waals surface area contributed by atoms with Crippen molar-refractivity contribution >= 4 is 24.4 Å². The molecule has 1 nitrogen and oxygen atoms in total. The summed E-state index contributed by atoms with van der Waals surface area (Å²) in [4.78, 5) is 0. The fraction of sp³-hybridized carbons (Fsp3) is 1.00. The van der Waals surface area contributed by atoms with Crippen LogP contribution in [0.3, 0.4) is 0 Å². The zero-order chi connectivity index (χ0) is 6.69. The lowest BCUT2D eigenvalue weighted by Gasteiger charge is -2.32. The average molecular weight is 163 g/mol. The van der Waals surface area contributed by atoms with Crippen LogP contribution in [0.1, 0.15) is 12.8 Å². The normalized spacial score (nSPS) is 34.0. The molecule has 0 spiro atoms. The summed E-state index contributed by atoms with van der Waals surface area (Å²) in [6, 6.07) is 0. The Kier molecular flexibility index (Phi) is 3.22. The van der Waals surface area contributed by atoms with Gasteiger partial charge in [0, 0.05) is 22.8 Å². The number of hydrogen-bond donors (Lipinski definition) is 2. The van der Waals surface area contributed by atoms with Crippen molar-refractivity contribution in [3.8, 4) is 0 Å². The van der Waals surface area contributed by atoms with Gasteiger partial charge in [-0.05, 0) is 12.8 Å². The lowest BCUT2D eigenvalue weighted by Crippen LogP contribution is -2.30. The number of rotatable bonds is 3. The fourth-order valence-electron chi connectivity index (χ4n) is 0.866. The van der Waals surface area contributed by atoms with E-state index in [9.17, 15) is 0 Å². The van der Waals surface area contributed by atoms with E-state index in [0.29, 0.717) is 5.25 Å². The standard InChI is InChI=1S/C6H13NS2/c7-3-4-9-6-2-1-5(6)8/h5-6,8H,1-4,7H2. The highest BCUT2D eigenvalue weighted by Gasteiger charge is 2.27.